The molecule has 0 unspecified atom stereocenters. The molecular formula is C15H28N2O. The van der Waals surface area contributed by atoms with Crippen LogP contribution in [-0.2, 0) is 13.1 Å². The largest absolute Gasteiger partial charge is 0.463 e. The molecule has 3 nitrogen and oxygen atoms in total. The van der Waals surface area contributed by atoms with Gasteiger partial charge >= 0.3 is 0 Å². The van der Waals surface area contributed by atoms with Gasteiger partial charge in [0.05, 0.1) is 13.1 Å². The van der Waals surface area contributed by atoms with E-state index in [-0.39, 0.29) is 0 Å². The van der Waals surface area contributed by atoms with Gasteiger partial charge in [0.15, 0.2) is 0 Å². The molecule has 1 heterocycles. The zero-order valence-electron chi connectivity index (χ0n) is 12.2. The van der Waals surface area contributed by atoms with E-state index < -0.39 is 0 Å². The summed E-state index contributed by atoms with van der Waals surface area (Å²) in [5.41, 5.74) is 6.83. The van der Waals surface area contributed by atoms with Gasteiger partial charge in [-0.15, -0.1) is 0 Å². The van der Waals surface area contributed by atoms with Crippen molar-refractivity contribution in [1.29, 1.82) is 0 Å². The van der Waals surface area contributed by atoms with Crippen molar-refractivity contribution in [2.24, 2.45) is 5.73 Å². The second-order valence-electron chi connectivity index (χ2n) is 5.01. The molecule has 1 aromatic rings. The standard InChI is InChI=1S/C15H28N2O/c1-4-6-8-17(9-7-5-2)12-14-10-13(3)15(11-16)18-14/h10H,4-9,11-12,16H2,1-3H3. The number of nitrogens with zero attached hydrogens (tertiary/aromatic N) is 1. The van der Waals surface area contributed by atoms with Crippen molar-refractivity contribution in [1.82, 2.24) is 4.90 Å². The predicted octanol–water partition coefficient (Wildman–Crippen LogP) is 3.45. The van der Waals surface area contributed by atoms with E-state index in [0.717, 1.165) is 31.2 Å². The lowest BCUT2D eigenvalue weighted by Gasteiger charge is -2.20. The zero-order chi connectivity index (χ0) is 13.4. The maximum atomic E-state index is 5.79. The van der Waals surface area contributed by atoms with E-state index in [0.29, 0.717) is 6.54 Å². The number of rotatable bonds is 9. The molecule has 0 aliphatic heterocycles. The van der Waals surface area contributed by atoms with Crippen LogP contribution in [0.2, 0.25) is 0 Å². The monoisotopic (exact) mass is 252 g/mol. The second kappa shape index (κ2) is 8.33. The van der Waals surface area contributed by atoms with Crippen molar-refractivity contribution in [3.63, 3.8) is 0 Å². The highest BCUT2D eigenvalue weighted by Gasteiger charge is 2.10. The number of aryl methyl sites for hydroxylation is 1. The minimum atomic E-state index is 0.496. The van der Waals surface area contributed by atoms with Gasteiger partial charge in [0.25, 0.3) is 0 Å². The lowest BCUT2D eigenvalue weighted by molar-refractivity contribution is 0.234. The Morgan fingerprint density at radius 2 is 1.78 bits per heavy atom. The average Bonchev–Trinajstić information content (AvgIpc) is 2.72. The molecule has 0 atom stereocenters. The Labute approximate surface area is 111 Å². The fourth-order valence-electron chi connectivity index (χ4n) is 2.12. The molecule has 3 heteroatoms. The first-order chi connectivity index (χ1) is 8.71. The number of furan rings is 1. The summed E-state index contributed by atoms with van der Waals surface area (Å²) in [7, 11) is 0. The molecular weight excluding hydrogens is 224 g/mol. The zero-order valence-corrected chi connectivity index (χ0v) is 12.2. The van der Waals surface area contributed by atoms with E-state index in [2.05, 4.69) is 31.7 Å². The normalized spacial score (nSPS) is 11.4. The Hall–Kier alpha value is -0.800. The second-order valence-corrected chi connectivity index (χ2v) is 5.01. The van der Waals surface area contributed by atoms with Crippen LogP contribution in [-0.4, -0.2) is 18.0 Å². The maximum Gasteiger partial charge on any atom is 0.120 e. The maximum absolute atomic E-state index is 5.79. The lowest BCUT2D eigenvalue weighted by Crippen LogP contribution is -2.25. The number of unbranched alkanes of at least 4 members (excludes halogenated alkanes) is 2. The van der Waals surface area contributed by atoms with Gasteiger partial charge in [-0.3, -0.25) is 4.90 Å². The third-order valence-corrected chi connectivity index (χ3v) is 3.29. The summed E-state index contributed by atoms with van der Waals surface area (Å²) in [5.74, 6) is 1.98. The molecule has 0 amide bonds. The van der Waals surface area contributed by atoms with Crippen LogP contribution in [0, 0.1) is 6.92 Å². The average molecular weight is 252 g/mol. The van der Waals surface area contributed by atoms with Crippen LogP contribution in [0.5, 0.6) is 0 Å². The number of hydrogen-bond acceptors (Lipinski definition) is 3. The quantitative estimate of drug-likeness (QED) is 0.732. The molecule has 0 spiro atoms. The van der Waals surface area contributed by atoms with Crippen molar-refractivity contribution in [2.75, 3.05) is 13.1 Å². The van der Waals surface area contributed by atoms with Gasteiger partial charge < -0.3 is 10.2 Å². The summed E-state index contributed by atoms with van der Waals surface area (Å²) in [6, 6.07) is 2.13. The fourth-order valence-corrected chi connectivity index (χ4v) is 2.12. The van der Waals surface area contributed by atoms with Crippen molar-refractivity contribution >= 4 is 0 Å². The van der Waals surface area contributed by atoms with E-state index in [1.54, 1.807) is 0 Å². The summed E-state index contributed by atoms with van der Waals surface area (Å²) in [5, 5.41) is 0. The third-order valence-electron chi connectivity index (χ3n) is 3.29. The Morgan fingerprint density at radius 3 is 2.22 bits per heavy atom. The Kier molecular flexibility index (Phi) is 7.06. The fraction of sp³-hybridized carbons (Fsp3) is 0.733. The summed E-state index contributed by atoms with van der Waals surface area (Å²) >= 11 is 0. The molecule has 0 aliphatic carbocycles. The van der Waals surface area contributed by atoms with Gasteiger partial charge in [-0.25, -0.2) is 0 Å². The van der Waals surface area contributed by atoms with Gasteiger partial charge in [-0.1, -0.05) is 26.7 Å². The molecule has 0 fully saturated rings. The van der Waals surface area contributed by atoms with E-state index in [9.17, 15) is 0 Å². The Morgan fingerprint density at radius 1 is 1.17 bits per heavy atom. The first-order valence-electron chi connectivity index (χ1n) is 7.21. The van der Waals surface area contributed by atoms with Crippen LogP contribution in [0.25, 0.3) is 0 Å². The Bertz CT molecular complexity index is 325. The van der Waals surface area contributed by atoms with Crippen molar-refractivity contribution in [2.45, 2.75) is 59.5 Å². The third kappa shape index (κ3) is 4.83. The molecule has 104 valence electrons. The molecule has 2 N–H and O–H groups in total. The molecule has 1 aromatic heterocycles. The van der Waals surface area contributed by atoms with Crippen LogP contribution in [0.4, 0.5) is 0 Å². The first kappa shape index (κ1) is 15.3. The molecule has 0 saturated heterocycles. The van der Waals surface area contributed by atoms with Crippen LogP contribution >= 0.6 is 0 Å². The van der Waals surface area contributed by atoms with Gasteiger partial charge in [0.2, 0.25) is 0 Å². The summed E-state index contributed by atoms with van der Waals surface area (Å²) < 4.78 is 5.79. The van der Waals surface area contributed by atoms with Crippen LogP contribution in [0.3, 0.4) is 0 Å². The van der Waals surface area contributed by atoms with E-state index >= 15 is 0 Å². The van der Waals surface area contributed by atoms with Crippen LogP contribution in [0.15, 0.2) is 10.5 Å². The molecule has 0 aromatic carbocycles. The SMILES string of the molecule is CCCCN(CCCC)Cc1cc(C)c(CN)o1. The van der Waals surface area contributed by atoms with Gasteiger partial charge in [0, 0.05) is 0 Å². The van der Waals surface area contributed by atoms with Gasteiger partial charge in [-0.2, -0.15) is 0 Å². The van der Waals surface area contributed by atoms with Gasteiger partial charge in [0.1, 0.15) is 11.5 Å². The van der Waals surface area contributed by atoms with E-state index in [1.165, 1.54) is 31.2 Å². The topological polar surface area (TPSA) is 42.4 Å². The highest BCUT2D eigenvalue weighted by molar-refractivity contribution is 5.19. The number of hydrogen-bond donors (Lipinski definition) is 1. The molecule has 18 heavy (non-hydrogen) atoms. The predicted molar refractivity (Wildman–Crippen MR) is 76.4 cm³/mol. The first-order valence-corrected chi connectivity index (χ1v) is 7.21. The Balaban J connectivity index is 2.56. The highest BCUT2D eigenvalue weighted by Crippen LogP contribution is 2.16. The molecule has 0 bridgehead atoms. The molecule has 0 aliphatic rings. The minimum Gasteiger partial charge on any atom is -0.463 e. The minimum absolute atomic E-state index is 0.496. The molecule has 0 radical (unpaired) electrons. The summed E-state index contributed by atoms with van der Waals surface area (Å²) in [6.45, 7) is 10.3. The lowest BCUT2D eigenvalue weighted by atomic mass is 10.2. The number of nitrogens with two attached hydrogens (primary N) is 1. The smallest absolute Gasteiger partial charge is 0.120 e. The molecule has 0 saturated carbocycles. The summed E-state index contributed by atoms with van der Waals surface area (Å²) in [4.78, 5) is 2.49. The van der Waals surface area contributed by atoms with Gasteiger partial charge in [-0.05, 0) is 44.5 Å². The molecule has 1 rings (SSSR count). The van der Waals surface area contributed by atoms with E-state index in [4.69, 9.17) is 10.2 Å². The van der Waals surface area contributed by atoms with Crippen molar-refractivity contribution in [3.05, 3.63) is 23.2 Å². The highest BCUT2D eigenvalue weighted by atomic mass is 16.3. The van der Waals surface area contributed by atoms with Crippen molar-refractivity contribution in [3.8, 4) is 0 Å². The van der Waals surface area contributed by atoms with E-state index in [1.807, 2.05) is 0 Å². The van der Waals surface area contributed by atoms with Crippen LogP contribution < -0.4 is 5.73 Å². The van der Waals surface area contributed by atoms with Crippen molar-refractivity contribution < 1.29 is 4.42 Å². The van der Waals surface area contributed by atoms with Crippen LogP contribution in [0.1, 0.15) is 56.6 Å². The summed E-state index contributed by atoms with van der Waals surface area (Å²) in [6.07, 6.45) is 5.00.